The van der Waals surface area contributed by atoms with Crippen molar-refractivity contribution in [2.75, 3.05) is 6.54 Å². The van der Waals surface area contributed by atoms with Gasteiger partial charge in [-0.05, 0) is 19.4 Å². The number of nitrogens with one attached hydrogen (secondary N) is 1. The van der Waals surface area contributed by atoms with E-state index in [4.69, 9.17) is 5.11 Å². The van der Waals surface area contributed by atoms with Gasteiger partial charge in [-0.1, -0.05) is 5.21 Å². The van der Waals surface area contributed by atoms with Gasteiger partial charge in [-0.15, -0.1) is 5.10 Å². The van der Waals surface area contributed by atoms with Crippen molar-refractivity contribution >= 4 is 5.97 Å². The van der Waals surface area contributed by atoms with Gasteiger partial charge in [0.15, 0.2) is 0 Å². The number of piperidine rings is 1. The highest BCUT2D eigenvalue weighted by Gasteiger charge is 2.28. The lowest BCUT2D eigenvalue weighted by molar-refractivity contribution is -0.140. The molecule has 82 valence electrons. The second-order valence-electron chi connectivity index (χ2n) is 3.85. The average molecular weight is 210 g/mol. The lowest BCUT2D eigenvalue weighted by Gasteiger charge is -2.27. The number of carboxylic acids is 1. The zero-order valence-electron chi connectivity index (χ0n) is 8.55. The van der Waals surface area contributed by atoms with Gasteiger partial charge in [-0.25, -0.2) is 0 Å². The number of hydrogen-bond acceptors (Lipinski definition) is 4. The summed E-state index contributed by atoms with van der Waals surface area (Å²) >= 11 is 0. The molecule has 2 N–H and O–H groups in total. The van der Waals surface area contributed by atoms with E-state index in [1.165, 1.54) is 0 Å². The normalized spacial score (nSPS) is 26.5. The second kappa shape index (κ2) is 3.98. The van der Waals surface area contributed by atoms with Gasteiger partial charge < -0.3 is 10.4 Å². The van der Waals surface area contributed by atoms with Gasteiger partial charge >= 0.3 is 5.97 Å². The van der Waals surface area contributed by atoms with Crippen molar-refractivity contribution in [3.05, 3.63) is 11.9 Å². The van der Waals surface area contributed by atoms with Gasteiger partial charge in [-0.2, -0.15) is 0 Å². The molecule has 6 heteroatoms. The van der Waals surface area contributed by atoms with Crippen molar-refractivity contribution in [1.82, 2.24) is 20.3 Å². The molecular formula is C9H14N4O2. The Kier molecular flexibility index (Phi) is 2.68. The van der Waals surface area contributed by atoms with Gasteiger partial charge in [0.25, 0.3) is 0 Å². The van der Waals surface area contributed by atoms with Crippen LogP contribution in [0.25, 0.3) is 0 Å². The zero-order chi connectivity index (χ0) is 10.8. The third-order valence-corrected chi connectivity index (χ3v) is 2.87. The Hall–Kier alpha value is -1.43. The molecular weight excluding hydrogens is 196 g/mol. The molecule has 0 aliphatic carbocycles. The van der Waals surface area contributed by atoms with E-state index >= 15 is 0 Å². The molecule has 2 atom stereocenters. The number of rotatable bonds is 2. The molecule has 1 saturated heterocycles. The fourth-order valence-corrected chi connectivity index (χ4v) is 2.04. The van der Waals surface area contributed by atoms with Crippen LogP contribution in [0.2, 0.25) is 0 Å². The van der Waals surface area contributed by atoms with Gasteiger partial charge in [0.05, 0.1) is 11.9 Å². The predicted molar refractivity (Wildman–Crippen MR) is 52.4 cm³/mol. The molecule has 2 heterocycles. The fourth-order valence-electron chi connectivity index (χ4n) is 2.04. The quantitative estimate of drug-likeness (QED) is 0.702. The number of aliphatic carboxylic acids is 1. The van der Waals surface area contributed by atoms with E-state index < -0.39 is 12.0 Å². The molecule has 0 radical (unpaired) electrons. The molecule has 0 amide bonds. The summed E-state index contributed by atoms with van der Waals surface area (Å²) < 4.78 is 1.72. The molecule has 1 aliphatic heterocycles. The van der Waals surface area contributed by atoms with E-state index in [0.717, 1.165) is 18.7 Å². The standard InChI is InChI=1S/C9H14N4O2/c1-13-8(5-11-12-13)6-2-3-10-7(4-6)9(14)15/h5-7,10H,2-4H2,1H3,(H,14,15). The maximum absolute atomic E-state index is 10.9. The van der Waals surface area contributed by atoms with Gasteiger partial charge in [0.2, 0.25) is 0 Å². The highest BCUT2D eigenvalue weighted by molar-refractivity contribution is 5.73. The van der Waals surface area contributed by atoms with Crippen molar-refractivity contribution in [2.45, 2.75) is 24.8 Å². The predicted octanol–water partition coefficient (Wildman–Crippen LogP) is -0.265. The van der Waals surface area contributed by atoms with Crippen LogP contribution in [-0.2, 0) is 11.8 Å². The van der Waals surface area contributed by atoms with Crippen LogP contribution in [0.4, 0.5) is 0 Å². The largest absolute Gasteiger partial charge is 0.480 e. The first kappa shape index (κ1) is 10.1. The Morgan fingerprint density at radius 2 is 2.53 bits per heavy atom. The minimum Gasteiger partial charge on any atom is -0.480 e. The smallest absolute Gasteiger partial charge is 0.320 e. The number of aryl methyl sites for hydroxylation is 1. The summed E-state index contributed by atoms with van der Waals surface area (Å²) in [5.74, 6) is -0.540. The summed E-state index contributed by atoms with van der Waals surface area (Å²) in [5, 5.41) is 19.6. The minimum absolute atomic E-state index is 0.243. The third-order valence-electron chi connectivity index (χ3n) is 2.87. The molecule has 2 rings (SSSR count). The van der Waals surface area contributed by atoms with Crippen molar-refractivity contribution in [3.8, 4) is 0 Å². The second-order valence-corrected chi connectivity index (χ2v) is 3.85. The topological polar surface area (TPSA) is 80.0 Å². The lowest BCUT2D eigenvalue weighted by atomic mass is 9.90. The maximum atomic E-state index is 10.9. The molecule has 0 saturated carbocycles. The number of aromatic nitrogens is 3. The van der Waals surface area contributed by atoms with Crippen molar-refractivity contribution in [3.63, 3.8) is 0 Å². The first-order valence-electron chi connectivity index (χ1n) is 4.99. The van der Waals surface area contributed by atoms with Crippen molar-refractivity contribution in [2.24, 2.45) is 7.05 Å². The Bertz CT molecular complexity index is 363. The summed E-state index contributed by atoms with van der Waals surface area (Å²) in [6, 6.07) is -0.446. The van der Waals surface area contributed by atoms with E-state index in [1.807, 2.05) is 7.05 Å². The summed E-state index contributed by atoms with van der Waals surface area (Å²) in [7, 11) is 1.83. The van der Waals surface area contributed by atoms with Crippen LogP contribution in [-0.4, -0.2) is 38.7 Å². The van der Waals surface area contributed by atoms with Crippen LogP contribution in [0.3, 0.4) is 0 Å². The highest BCUT2D eigenvalue weighted by atomic mass is 16.4. The molecule has 0 aromatic carbocycles. The molecule has 1 fully saturated rings. The number of carboxylic acid groups (broad SMARTS) is 1. The zero-order valence-corrected chi connectivity index (χ0v) is 8.55. The average Bonchev–Trinajstić information content (AvgIpc) is 2.64. The van der Waals surface area contributed by atoms with Crippen LogP contribution >= 0.6 is 0 Å². The van der Waals surface area contributed by atoms with Crippen LogP contribution in [0.5, 0.6) is 0 Å². The van der Waals surface area contributed by atoms with E-state index in [-0.39, 0.29) is 5.92 Å². The Labute approximate surface area is 87.3 Å². The summed E-state index contributed by atoms with van der Waals surface area (Å²) in [5.41, 5.74) is 1.02. The molecule has 2 unspecified atom stereocenters. The van der Waals surface area contributed by atoms with Crippen LogP contribution < -0.4 is 5.32 Å². The number of nitrogens with zero attached hydrogens (tertiary/aromatic N) is 3. The third kappa shape index (κ3) is 1.99. The SMILES string of the molecule is Cn1nncc1C1CCNC(C(=O)O)C1. The van der Waals surface area contributed by atoms with Crippen molar-refractivity contribution in [1.29, 1.82) is 0 Å². The molecule has 1 aliphatic rings. The summed E-state index contributed by atoms with van der Waals surface area (Å²) in [4.78, 5) is 10.9. The Morgan fingerprint density at radius 1 is 1.73 bits per heavy atom. The van der Waals surface area contributed by atoms with Crippen molar-refractivity contribution < 1.29 is 9.90 Å². The molecule has 1 aromatic heterocycles. The summed E-state index contributed by atoms with van der Waals surface area (Å²) in [6.45, 7) is 0.729. The number of carbonyl (C=O) groups is 1. The minimum atomic E-state index is -0.783. The van der Waals surface area contributed by atoms with Crippen LogP contribution in [0.1, 0.15) is 24.5 Å². The fraction of sp³-hybridized carbons (Fsp3) is 0.667. The maximum Gasteiger partial charge on any atom is 0.320 e. The van der Waals surface area contributed by atoms with E-state index in [2.05, 4.69) is 15.6 Å². The lowest BCUT2D eigenvalue weighted by Crippen LogP contribution is -2.43. The van der Waals surface area contributed by atoms with Gasteiger partial charge in [-0.3, -0.25) is 9.48 Å². The molecule has 15 heavy (non-hydrogen) atoms. The Balaban J connectivity index is 2.11. The van der Waals surface area contributed by atoms with E-state index in [0.29, 0.717) is 6.42 Å². The molecule has 6 nitrogen and oxygen atoms in total. The number of hydrogen-bond donors (Lipinski definition) is 2. The molecule has 0 spiro atoms. The molecule has 0 bridgehead atoms. The monoisotopic (exact) mass is 210 g/mol. The van der Waals surface area contributed by atoms with Gasteiger partial charge in [0, 0.05) is 13.0 Å². The Morgan fingerprint density at radius 3 is 3.13 bits per heavy atom. The van der Waals surface area contributed by atoms with E-state index in [1.54, 1.807) is 10.9 Å². The van der Waals surface area contributed by atoms with Gasteiger partial charge in [0.1, 0.15) is 6.04 Å². The summed E-state index contributed by atoms with van der Waals surface area (Å²) in [6.07, 6.45) is 3.26. The van der Waals surface area contributed by atoms with Crippen LogP contribution in [0.15, 0.2) is 6.20 Å². The van der Waals surface area contributed by atoms with Crippen LogP contribution in [0, 0.1) is 0 Å². The molecule has 1 aromatic rings. The highest BCUT2D eigenvalue weighted by Crippen LogP contribution is 2.26. The first-order valence-corrected chi connectivity index (χ1v) is 4.99. The first-order chi connectivity index (χ1) is 7.18. The van der Waals surface area contributed by atoms with E-state index in [9.17, 15) is 4.79 Å².